The van der Waals surface area contributed by atoms with Gasteiger partial charge in [-0.15, -0.1) is 0 Å². The van der Waals surface area contributed by atoms with E-state index in [4.69, 9.17) is 0 Å². The summed E-state index contributed by atoms with van der Waals surface area (Å²) in [4.78, 5) is 3.88. The smallest absolute Gasteiger partial charge is 1.00 e. The maximum atomic E-state index is 9.92. The average molecular weight is 577 g/mol. The van der Waals surface area contributed by atoms with E-state index in [1.165, 1.54) is 11.1 Å². The second-order valence-corrected chi connectivity index (χ2v) is 10.6. The Morgan fingerprint density at radius 2 is 0.818 bits per heavy atom. The molecule has 33 heavy (non-hydrogen) atoms. The molecule has 2 rings (SSSR count). The molecule has 2 N–H and O–H groups in total. The number of hydrogen-bond acceptors (Lipinski definition) is 4. The molecule has 0 atom stereocenters. The molecule has 2 aromatic rings. The minimum atomic E-state index is 0. The van der Waals surface area contributed by atoms with Gasteiger partial charge in [-0.25, -0.2) is 0 Å². The zero-order chi connectivity index (χ0) is 23.6. The quantitative estimate of drug-likeness (QED) is 0.534. The van der Waals surface area contributed by atoms with E-state index in [1.54, 1.807) is 0 Å². The topological polar surface area (TPSA) is 46.9 Å². The molecule has 2 aromatic carbocycles. The first-order chi connectivity index (χ1) is 13.5. The van der Waals surface area contributed by atoms with Gasteiger partial charge in [0.1, 0.15) is 11.5 Å². The van der Waals surface area contributed by atoms with Crippen molar-refractivity contribution < 1.29 is 61.2 Å². The molecule has 186 valence electrons. The van der Waals surface area contributed by atoms with E-state index >= 15 is 0 Å². The third kappa shape index (κ3) is 10.1. The fraction of sp³-hybridized carbons (Fsp3) is 0.538. The molecule has 0 saturated heterocycles. The van der Waals surface area contributed by atoms with Gasteiger partial charge in [0.2, 0.25) is 0 Å². The molecule has 0 aliphatic carbocycles. The van der Waals surface area contributed by atoms with Crippen LogP contribution < -0.4 is 34.6 Å². The maximum absolute atomic E-state index is 9.92. The first-order valence-corrected chi connectivity index (χ1v) is 10.5. The number of aromatic hydroxyl groups is 2. The average Bonchev–Trinajstić information content (AvgIpc) is 2.57. The Morgan fingerprint density at radius 1 is 0.576 bits per heavy atom. The van der Waals surface area contributed by atoms with Gasteiger partial charge in [0.05, 0.1) is 11.4 Å². The number of aryl methyl sites for hydroxylation is 2. The van der Waals surface area contributed by atoms with Crippen LogP contribution in [0, 0.1) is 13.8 Å². The number of rotatable bonds is 2. The van der Waals surface area contributed by atoms with Crippen LogP contribution in [0.25, 0.3) is 0 Å². The van der Waals surface area contributed by atoms with Crippen LogP contribution in [0.1, 0.15) is 63.8 Å². The Bertz CT molecular complexity index is 814. The molecular formula is C26H42Cl2N2O2Zr. The predicted octanol–water partition coefficient (Wildman–Crippen LogP) is 0.134. The Hall–Kier alpha value is -0.897. The van der Waals surface area contributed by atoms with Gasteiger partial charge in [0.15, 0.2) is 0 Å². The van der Waals surface area contributed by atoms with Gasteiger partial charge in [-0.1, -0.05) is 53.7 Å². The number of anilines is 2. The van der Waals surface area contributed by atoms with Crippen molar-refractivity contribution in [2.45, 2.75) is 66.2 Å². The Morgan fingerprint density at radius 3 is 1.00 bits per heavy atom. The van der Waals surface area contributed by atoms with E-state index in [9.17, 15) is 10.2 Å². The molecule has 0 fully saturated rings. The summed E-state index contributed by atoms with van der Waals surface area (Å²) in [5.41, 5.74) is 6.38. The minimum Gasteiger partial charge on any atom is -1.00 e. The molecule has 0 saturated carbocycles. The number of nitrogens with zero attached hydrogens (tertiary/aromatic N) is 2. The summed E-state index contributed by atoms with van der Waals surface area (Å²) in [6.07, 6.45) is 0. The van der Waals surface area contributed by atoms with E-state index in [1.807, 2.05) is 51.8 Å². The van der Waals surface area contributed by atoms with Crippen molar-refractivity contribution >= 4 is 11.4 Å². The Kier molecular flexibility index (Phi) is 15.4. The second kappa shape index (κ2) is 13.9. The van der Waals surface area contributed by atoms with Gasteiger partial charge in [-0.2, -0.15) is 0 Å². The molecular weight excluding hydrogens is 534 g/mol. The zero-order valence-corrected chi connectivity index (χ0v) is 26.3. The molecule has 0 radical (unpaired) electrons. The predicted molar refractivity (Wildman–Crippen MR) is 132 cm³/mol. The summed E-state index contributed by atoms with van der Waals surface area (Å²) >= 11 is 0. The van der Waals surface area contributed by atoms with Gasteiger partial charge < -0.3 is 44.8 Å². The summed E-state index contributed by atoms with van der Waals surface area (Å²) in [5, 5.41) is 19.8. The fourth-order valence-corrected chi connectivity index (χ4v) is 3.07. The second-order valence-electron chi connectivity index (χ2n) is 10.6. The number of phenolic OH excluding ortho intramolecular Hbond substituents is 2. The third-order valence-corrected chi connectivity index (χ3v) is 5.26. The van der Waals surface area contributed by atoms with Crippen molar-refractivity contribution in [3.8, 4) is 11.5 Å². The van der Waals surface area contributed by atoms with E-state index in [-0.39, 0.29) is 61.8 Å². The first-order valence-electron chi connectivity index (χ1n) is 10.5. The summed E-state index contributed by atoms with van der Waals surface area (Å²) in [6.45, 7) is 17.0. The van der Waals surface area contributed by atoms with Gasteiger partial charge in [-0.05, 0) is 59.1 Å². The summed E-state index contributed by atoms with van der Waals surface area (Å²) < 4.78 is 0. The molecule has 0 aliphatic heterocycles. The minimum absolute atomic E-state index is 0. The van der Waals surface area contributed by atoms with Crippen LogP contribution in [-0.2, 0) is 37.0 Å². The molecule has 7 heteroatoms. The van der Waals surface area contributed by atoms with Crippen LogP contribution in [0.3, 0.4) is 0 Å². The molecule has 0 bridgehead atoms. The van der Waals surface area contributed by atoms with Crippen molar-refractivity contribution in [1.29, 1.82) is 0 Å². The van der Waals surface area contributed by atoms with Crippen LogP contribution in [0.5, 0.6) is 11.5 Å². The molecule has 0 amide bonds. The molecule has 0 unspecified atom stereocenters. The number of phenols is 2. The standard InChI is InChI=1S/2C13H21NO.2ClH.Zr/c2*1-9-7-10(13(2,3)4)8-11(12(9)15)14(5)6;;;/h2*7-8,15H,1-6H3;2*1H;/q;;;;+2/p-2. The van der Waals surface area contributed by atoms with E-state index in [2.05, 4.69) is 65.8 Å². The van der Waals surface area contributed by atoms with Gasteiger partial charge >= 0.3 is 26.2 Å². The maximum Gasteiger partial charge on any atom is 2.00 e. The van der Waals surface area contributed by atoms with Crippen LogP contribution in [0.4, 0.5) is 11.4 Å². The number of halogens is 2. The van der Waals surface area contributed by atoms with Crippen molar-refractivity contribution in [1.82, 2.24) is 0 Å². The zero-order valence-electron chi connectivity index (χ0n) is 22.4. The fourth-order valence-electron chi connectivity index (χ4n) is 3.07. The van der Waals surface area contributed by atoms with Crippen molar-refractivity contribution in [3.63, 3.8) is 0 Å². The normalized spacial score (nSPS) is 10.5. The molecule has 0 aromatic heterocycles. The van der Waals surface area contributed by atoms with Crippen LogP contribution in [0.2, 0.25) is 0 Å². The number of benzene rings is 2. The van der Waals surface area contributed by atoms with E-state index < -0.39 is 0 Å². The largest absolute Gasteiger partial charge is 2.00 e. The molecule has 0 heterocycles. The summed E-state index contributed by atoms with van der Waals surface area (Å²) in [5.74, 6) is 0.765. The van der Waals surface area contributed by atoms with Crippen molar-refractivity contribution in [3.05, 3.63) is 46.5 Å². The monoisotopic (exact) mass is 574 g/mol. The van der Waals surface area contributed by atoms with E-state index in [0.29, 0.717) is 11.5 Å². The van der Waals surface area contributed by atoms with Gasteiger partial charge in [0, 0.05) is 28.2 Å². The van der Waals surface area contributed by atoms with Crippen molar-refractivity contribution in [2.24, 2.45) is 0 Å². The van der Waals surface area contributed by atoms with Crippen LogP contribution in [0.15, 0.2) is 24.3 Å². The first kappa shape index (κ1) is 36.7. The molecule has 4 nitrogen and oxygen atoms in total. The molecule has 0 spiro atoms. The third-order valence-electron chi connectivity index (χ3n) is 5.26. The molecule has 0 aliphatic rings. The van der Waals surface area contributed by atoms with Crippen molar-refractivity contribution in [2.75, 3.05) is 38.0 Å². The van der Waals surface area contributed by atoms with E-state index in [0.717, 1.165) is 22.5 Å². The SMILES string of the molecule is Cc1cc(C(C)(C)C)cc(N(C)C)c1O.Cc1cc(C(C)(C)C)cc(N(C)C)c1O.[Cl-].[Cl-].[Zr+2]. The Balaban J connectivity index is -0.000000500. The summed E-state index contributed by atoms with van der Waals surface area (Å²) in [7, 11) is 7.78. The van der Waals surface area contributed by atoms with Gasteiger partial charge in [-0.3, -0.25) is 0 Å². The van der Waals surface area contributed by atoms with Crippen LogP contribution >= 0.6 is 0 Å². The Labute approximate surface area is 233 Å². The number of hydrogen-bond donors (Lipinski definition) is 2. The summed E-state index contributed by atoms with van der Waals surface area (Å²) in [6, 6.07) is 8.23. The van der Waals surface area contributed by atoms with Crippen LogP contribution in [-0.4, -0.2) is 38.4 Å². The van der Waals surface area contributed by atoms with Gasteiger partial charge in [0.25, 0.3) is 0 Å².